The van der Waals surface area contributed by atoms with Crippen molar-refractivity contribution in [2.75, 3.05) is 5.32 Å². The number of anilines is 1. The largest absolute Gasteiger partial charge is 0.316 e. The fourth-order valence-corrected chi connectivity index (χ4v) is 2.73. The van der Waals surface area contributed by atoms with E-state index < -0.39 is 0 Å². The minimum Gasteiger partial charge on any atom is -0.316 e. The van der Waals surface area contributed by atoms with Crippen molar-refractivity contribution in [3.05, 3.63) is 87.8 Å². The maximum atomic E-state index is 12.8. The van der Waals surface area contributed by atoms with Crippen molar-refractivity contribution >= 4 is 17.7 Å². The van der Waals surface area contributed by atoms with Crippen LogP contribution in [-0.2, 0) is 11.8 Å². The lowest BCUT2D eigenvalue weighted by molar-refractivity contribution is -0.111. The molecule has 5 heteroatoms. The number of nitrogens with one attached hydrogen (secondary N) is 1. The summed E-state index contributed by atoms with van der Waals surface area (Å²) in [6.45, 7) is 3.82. The highest BCUT2D eigenvalue weighted by atomic mass is 16.2. The maximum absolute atomic E-state index is 12.8. The summed E-state index contributed by atoms with van der Waals surface area (Å²) in [5, 5.41) is 2.71. The van der Waals surface area contributed by atoms with Crippen LogP contribution >= 0.6 is 0 Å². The molecule has 0 spiro atoms. The second-order valence-corrected chi connectivity index (χ2v) is 6.17. The first-order valence-corrected chi connectivity index (χ1v) is 8.37. The summed E-state index contributed by atoms with van der Waals surface area (Å²) in [6.07, 6.45) is 3.16. The van der Waals surface area contributed by atoms with Crippen LogP contribution in [0.25, 0.3) is 11.8 Å². The van der Waals surface area contributed by atoms with E-state index in [9.17, 15) is 9.59 Å². The quantitative estimate of drug-likeness (QED) is 0.735. The van der Waals surface area contributed by atoms with Crippen molar-refractivity contribution in [1.29, 1.82) is 0 Å². The van der Waals surface area contributed by atoms with Crippen molar-refractivity contribution < 1.29 is 4.79 Å². The van der Waals surface area contributed by atoms with Gasteiger partial charge in [-0.1, -0.05) is 48.0 Å². The van der Waals surface area contributed by atoms with Crippen LogP contribution in [0.15, 0.2) is 65.5 Å². The number of rotatable bonds is 4. The van der Waals surface area contributed by atoms with Gasteiger partial charge in [0.2, 0.25) is 5.91 Å². The van der Waals surface area contributed by atoms with Gasteiger partial charge in [0.15, 0.2) is 0 Å². The van der Waals surface area contributed by atoms with E-state index in [0.29, 0.717) is 5.69 Å². The molecule has 0 bridgehead atoms. The zero-order valence-electron chi connectivity index (χ0n) is 15.1. The summed E-state index contributed by atoms with van der Waals surface area (Å²) in [5.74, 6) is -0.336. The zero-order valence-corrected chi connectivity index (χ0v) is 15.1. The number of para-hydroxylation sites is 1. The minimum absolute atomic E-state index is 0.256. The first-order chi connectivity index (χ1) is 12.5. The molecule has 0 radical (unpaired) electrons. The third-order valence-corrected chi connectivity index (χ3v) is 4.31. The first kappa shape index (κ1) is 17.5. The predicted molar refractivity (Wildman–Crippen MR) is 105 cm³/mol. The normalized spacial score (nSPS) is 11.0. The van der Waals surface area contributed by atoms with Crippen molar-refractivity contribution in [2.24, 2.45) is 7.05 Å². The Morgan fingerprint density at radius 1 is 1.00 bits per heavy atom. The van der Waals surface area contributed by atoms with Crippen LogP contribution in [0.1, 0.15) is 16.8 Å². The van der Waals surface area contributed by atoms with Gasteiger partial charge in [-0.3, -0.25) is 14.3 Å². The Hall–Kier alpha value is -3.34. The van der Waals surface area contributed by atoms with Gasteiger partial charge < -0.3 is 5.32 Å². The van der Waals surface area contributed by atoms with E-state index in [-0.39, 0.29) is 17.2 Å². The molecule has 3 aromatic rings. The summed E-state index contributed by atoms with van der Waals surface area (Å²) in [5.41, 5.74) is 3.56. The Bertz CT molecular complexity index is 1010. The van der Waals surface area contributed by atoms with E-state index in [2.05, 4.69) is 5.32 Å². The topological polar surface area (TPSA) is 56.0 Å². The van der Waals surface area contributed by atoms with Crippen LogP contribution in [0.5, 0.6) is 0 Å². The molecule has 0 aliphatic heterocycles. The molecule has 0 fully saturated rings. The first-order valence-electron chi connectivity index (χ1n) is 8.37. The van der Waals surface area contributed by atoms with Crippen LogP contribution in [0.2, 0.25) is 0 Å². The second kappa shape index (κ2) is 7.27. The second-order valence-electron chi connectivity index (χ2n) is 6.17. The molecule has 3 rings (SSSR count). The lowest BCUT2D eigenvalue weighted by Crippen LogP contribution is -2.22. The fourth-order valence-electron chi connectivity index (χ4n) is 2.73. The molecule has 0 aliphatic carbocycles. The van der Waals surface area contributed by atoms with E-state index in [0.717, 1.165) is 16.8 Å². The molecule has 5 nitrogen and oxygen atoms in total. The highest BCUT2D eigenvalue weighted by Gasteiger charge is 2.17. The Morgan fingerprint density at radius 2 is 1.65 bits per heavy atom. The van der Waals surface area contributed by atoms with Crippen LogP contribution in [-0.4, -0.2) is 15.3 Å². The van der Waals surface area contributed by atoms with Gasteiger partial charge in [0.1, 0.15) is 5.69 Å². The summed E-state index contributed by atoms with van der Waals surface area (Å²) in [7, 11) is 1.79. The molecule has 26 heavy (non-hydrogen) atoms. The van der Waals surface area contributed by atoms with Crippen molar-refractivity contribution in [3.8, 4) is 5.69 Å². The van der Waals surface area contributed by atoms with Crippen molar-refractivity contribution in [1.82, 2.24) is 9.36 Å². The molecule has 1 amide bonds. The highest BCUT2D eigenvalue weighted by Crippen LogP contribution is 2.14. The number of carbonyl (C=O) groups excluding carboxylic acids is 1. The molecule has 2 aromatic carbocycles. The average Bonchev–Trinajstić information content (AvgIpc) is 2.85. The lowest BCUT2D eigenvalue weighted by atomic mass is 10.1. The number of hydrogen-bond acceptors (Lipinski definition) is 2. The highest BCUT2D eigenvalue weighted by molar-refractivity contribution is 6.02. The molecule has 1 aromatic heterocycles. The number of amides is 1. The van der Waals surface area contributed by atoms with E-state index in [1.807, 2.05) is 61.5 Å². The molecule has 0 atom stereocenters. The molecular weight excluding hydrogens is 326 g/mol. The molecule has 0 saturated carbocycles. The Morgan fingerprint density at radius 3 is 2.31 bits per heavy atom. The number of hydrogen-bond donors (Lipinski definition) is 1. The van der Waals surface area contributed by atoms with E-state index >= 15 is 0 Å². The van der Waals surface area contributed by atoms with Crippen molar-refractivity contribution in [2.45, 2.75) is 13.8 Å². The molecule has 1 N–H and O–H groups in total. The van der Waals surface area contributed by atoms with Gasteiger partial charge in [-0.2, -0.15) is 0 Å². The van der Waals surface area contributed by atoms with Crippen LogP contribution in [0, 0.1) is 13.8 Å². The molecule has 1 heterocycles. The van der Waals surface area contributed by atoms with E-state index in [1.54, 1.807) is 24.7 Å². The minimum atomic E-state index is -0.336. The molecule has 0 aliphatic rings. The Kier molecular flexibility index (Phi) is 4.89. The number of nitrogens with zero attached hydrogens (tertiary/aromatic N) is 2. The van der Waals surface area contributed by atoms with Gasteiger partial charge in [-0.25, -0.2) is 4.68 Å². The van der Waals surface area contributed by atoms with E-state index in [1.165, 1.54) is 10.8 Å². The number of benzene rings is 2. The third-order valence-electron chi connectivity index (χ3n) is 4.31. The Labute approximate surface area is 152 Å². The van der Waals surface area contributed by atoms with Gasteiger partial charge >= 0.3 is 0 Å². The van der Waals surface area contributed by atoms with Gasteiger partial charge in [0.05, 0.1) is 11.4 Å². The summed E-state index contributed by atoms with van der Waals surface area (Å²) < 4.78 is 3.27. The van der Waals surface area contributed by atoms with Crippen LogP contribution < -0.4 is 10.9 Å². The SMILES string of the molecule is Cc1ccc(/C=C/C(=O)Nc2c(C)n(C)n(-c3ccccc3)c2=O)cc1. The fraction of sp³-hybridized carbons (Fsp3) is 0.143. The monoisotopic (exact) mass is 347 g/mol. The molecule has 0 saturated heterocycles. The van der Waals surface area contributed by atoms with E-state index in [4.69, 9.17) is 0 Å². The molecule has 132 valence electrons. The van der Waals surface area contributed by atoms with Gasteiger partial charge in [-0.05, 0) is 37.6 Å². The van der Waals surface area contributed by atoms with Crippen LogP contribution in [0.3, 0.4) is 0 Å². The van der Waals surface area contributed by atoms with Crippen LogP contribution in [0.4, 0.5) is 5.69 Å². The lowest BCUT2D eigenvalue weighted by Gasteiger charge is -2.07. The third kappa shape index (κ3) is 3.52. The number of aryl methyl sites for hydroxylation is 1. The smallest absolute Gasteiger partial charge is 0.295 e. The summed E-state index contributed by atoms with van der Waals surface area (Å²) in [4.78, 5) is 25.0. The van der Waals surface area contributed by atoms with Gasteiger partial charge in [0.25, 0.3) is 5.56 Å². The predicted octanol–water partition coefficient (Wildman–Crippen LogP) is 3.44. The number of aromatic nitrogens is 2. The van der Waals surface area contributed by atoms with Gasteiger partial charge in [-0.15, -0.1) is 0 Å². The standard InChI is InChI=1S/C21H21N3O2/c1-15-9-11-17(12-10-15)13-14-19(25)22-20-16(2)23(3)24(21(20)26)18-7-5-4-6-8-18/h4-14H,1-3H3,(H,22,25)/b14-13+. The summed E-state index contributed by atoms with van der Waals surface area (Å²) in [6, 6.07) is 17.2. The molecular formula is C21H21N3O2. The summed E-state index contributed by atoms with van der Waals surface area (Å²) >= 11 is 0. The van der Waals surface area contributed by atoms with Crippen molar-refractivity contribution in [3.63, 3.8) is 0 Å². The average molecular weight is 347 g/mol. The Balaban J connectivity index is 1.85. The van der Waals surface area contributed by atoms with Gasteiger partial charge in [0, 0.05) is 13.1 Å². The maximum Gasteiger partial charge on any atom is 0.295 e. The zero-order chi connectivity index (χ0) is 18.7. The number of carbonyl (C=O) groups is 1. The molecule has 0 unspecified atom stereocenters.